The lowest BCUT2D eigenvalue weighted by Crippen LogP contribution is -2.50. The SMILES string of the molecule is CC[C@]1(OC(=O)CN)c2cc3n(c(=O)c2COC1O)Cc1cc2cc(O)ccc2nc1-3. The van der Waals surface area contributed by atoms with E-state index in [2.05, 4.69) is 0 Å². The van der Waals surface area contributed by atoms with Crippen LogP contribution in [0.4, 0.5) is 0 Å². The third kappa shape index (κ3) is 2.78. The third-order valence-electron chi connectivity index (χ3n) is 6.08. The van der Waals surface area contributed by atoms with Crippen molar-refractivity contribution in [2.75, 3.05) is 6.54 Å². The lowest BCUT2D eigenvalue weighted by atomic mass is 9.84. The lowest BCUT2D eigenvalue weighted by Gasteiger charge is -2.41. The number of pyridine rings is 2. The van der Waals surface area contributed by atoms with Gasteiger partial charge in [0.1, 0.15) is 5.75 Å². The summed E-state index contributed by atoms with van der Waals surface area (Å²) < 4.78 is 12.6. The second kappa shape index (κ2) is 6.88. The Kier molecular flexibility index (Phi) is 4.37. The standard InChI is InChI=1S/C22H21N3O6/c1-2-22(31-18(27)8-23)15-7-17-19-12(5-11-6-13(26)3-4-16(11)24-19)9-25(17)20(28)14(15)10-30-21(22)29/h3-7,21,26,29H,2,8-10,23H2,1H3/t21?,22-/m0/s1. The van der Waals surface area contributed by atoms with Gasteiger partial charge < -0.3 is 30.0 Å². The van der Waals surface area contributed by atoms with E-state index in [0.717, 1.165) is 10.9 Å². The molecule has 0 bridgehead atoms. The Morgan fingerprint density at radius 1 is 1.39 bits per heavy atom. The fourth-order valence-corrected chi connectivity index (χ4v) is 4.50. The molecule has 160 valence electrons. The maximum Gasteiger partial charge on any atom is 0.320 e. The lowest BCUT2D eigenvalue weighted by molar-refractivity contribution is -0.249. The molecule has 0 saturated carbocycles. The number of rotatable bonds is 3. The van der Waals surface area contributed by atoms with Crippen LogP contribution in [-0.2, 0) is 33.0 Å². The first kappa shape index (κ1) is 19.7. The molecule has 9 nitrogen and oxygen atoms in total. The van der Waals surface area contributed by atoms with Gasteiger partial charge in [0.2, 0.25) is 0 Å². The molecule has 0 fully saturated rings. The van der Waals surface area contributed by atoms with E-state index in [4.69, 9.17) is 20.2 Å². The number of aromatic hydroxyl groups is 1. The molecule has 5 rings (SSSR count). The highest BCUT2D eigenvalue weighted by molar-refractivity contribution is 5.85. The Morgan fingerprint density at radius 3 is 2.94 bits per heavy atom. The Hall–Kier alpha value is -3.27. The van der Waals surface area contributed by atoms with E-state index in [9.17, 15) is 19.8 Å². The molecule has 0 radical (unpaired) electrons. The van der Waals surface area contributed by atoms with Crippen molar-refractivity contribution in [3.05, 3.63) is 57.4 Å². The van der Waals surface area contributed by atoms with Crippen molar-refractivity contribution in [3.63, 3.8) is 0 Å². The molecule has 0 amide bonds. The number of hydrogen-bond donors (Lipinski definition) is 3. The van der Waals surface area contributed by atoms with Gasteiger partial charge in [0.05, 0.1) is 42.2 Å². The van der Waals surface area contributed by atoms with Crippen LogP contribution in [0.25, 0.3) is 22.3 Å². The van der Waals surface area contributed by atoms with Gasteiger partial charge in [-0.2, -0.15) is 0 Å². The average Bonchev–Trinajstić information content (AvgIpc) is 3.12. The number of fused-ring (bicyclic) bond motifs is 5. The van der Waals surface area contributed by atoms with Gasteiger partial charge in [-0.1, -0.05) is 6.92 Å². The fraction of sp³-hybridized carbons (Fsp3) is 0.318. The van der Waals surface area contributed by atoms with Crippen LogP contribution in [0.1, 0.15) is 30.0 Å². The Bertz CT molecular complexity index is 1300. The van der Waals surface area contributed by atoms with Crippen LogP contribution in [0.2, 0.25) is 0 Å². The molecule has 4 N–H and O–H groups in total. The minimum atomic E-state index is -1.54. The van der Waals surface area contributed by atoms with Crippen molar-refractivity contribution in [3.8, 4) is 17.1 Å². The van der Waals surface area contributed by atoms with Crippen LogP contribution in [0.5, 0.6) is 5.75 Å². The highest BCUT2D eigenvalue weighted by Gasteiger charge is 2.49. The zero-order valence-corrected chi connectivity index (χ0v) is 16.8. The molecular formula is C22H21N3O6. The first-order chi connectivity index (χ1) is 14.9. The molecule has 31 heavy (non-hydrogen) atoms. The second-order valence-electron chi connectivity index (χ2n) is 7.77. The van der Waals surface area contributed by atoms with Crippen molar-refractivity contribution < 1.29 is 24.5 Å². The average molecular weight is 423 g/mol. The summed E-state index contributed by atoms with van der Waals surface area (Å²) in [6.07, 6.45) is -1.25. The number of phenols is 1. The number of carbonyl (C=O) groups excluding carboxylic acids is 1. The van der Waals surface area contributed by atoms with Crippen LogP contribution in [0.3, 0.4) is 0 Å². The van der Waals surface area contributed by atoms with Crippen LogP contribution in [0, 0.1) is 0 Å². The Morgan fingerprint density at radius 2 is 2.19 bits per heavy atom. The molecule has 0 spiro atoms. The summed E-state index contributed by atoms with van der Waals surface area (Å²) in [5.41, 5.74) is 7.06. The minimum Gasteiger partial charge on any atom is -0.508 e. The topological polar surface area (TPSA) is 137 Å². The molecule has 1 unspecified atom stereocenters. The quantitative estimate of drug-likeness (QED) is 0.417. The first-order valence-electron chi connectivity index (χ1n) is 9.99. The number of nitrogens with zero attached hydrogens (tertiary/aromatic N) is 2. The molecule has 2 atom stereocenters. The van der Waals surface area contributed by atoms with Gasteiger partial charge in [-0.15, -0.1) is 0 Å². The molecule has 2 aliphatic rings. The number of hydrogen-bond acceptors (Lipinski definition) is 8. The van der Waals surface area contributed by atoms with Gasteiger partial charge in [-0.25, -0.2) is 4.98 Å². The predicted molar refractivity (Wildman–Crippen MR) is 110 cm³/mol. The predicted octanol–water partition coefficient (Wildman–Crippen LogP) is 1.09. The van der Waals surface area contributed by atoms with Crippen LogP contribution < -0.4 is 11.3 Å². The van der Waals surface area contributed by atoms with E-state index >= 15 is 0 Å². The summed E-state index contributed by atoms with van der Waals surface area (Å²) in [4.78, 5) is 30.1. The molecule has 2 aromatic heterocycles. The smallest absolute Gasteiger partial charge is 0.320 e. The Labute approximate surface area is 176 Å². The monoisotopic (exact) mass is 423 g/mol. The van der Waals surface area contributed by atoms with E-state index in [0.29, 0.717) is 34.6 Å². The number of ether oxygens (including phenoxy) is 2. The molecule has 0 saturated heterocycles. The van der Waals surface area contributed by atoms with Crippen molar-refractivity contribution >= 4 is 16.9 Å². The van der Waals surface area contributed by atoms with E-state index in [1.54, 1.807) is 35.8 Å². The molecular weight excluding hydrogens is 402 g/mol. The van der Waals surface area contributed by atoms with Gasteiger partial charge in [0.15, 0.2) is 11.9 Å². The summed E-state index contributed by atoms with van der Waals surface area (Å²) in [5.74, 6) is -0.569. The minimum absolute atomic E-state index is 0.100. The molecule has 2 aliphatic heterocycles. The fourth-order valence-electron chi connectivity index (χ4n) is 4.50. The van der Waals surface area contributed by atoms with Crippen molar-refractivity contribution in [1.82, 2.24) is 9.55 Å². The zero-order chi connectivity index (χ0) is 21.9. The number of aliphatic hydroxyl groups is 1. The summed E-state index contributed by atoms with van der Waals surface area (Å²) in [5, 5.41) is 21.2. The maximum atomic E-state index is 13.4. The number of aliphatic hydroxyl groups excluding tert-OH is 1. The van der Waals surface area contributed by atoms with Crippen LogP contribution >= 0.6 is 0 Å². The largest absolute Gasteiger partial charge is 0.508 e. The molecule has 9 heteroatoms. The van der Waals surface area contributed by atoms with Crippen molar-refractivity contribution in [1.29, 1.82) is 0 Å². The molecule has 0 aliphatic carbocycles. The number of benzene rings is 1. The highest BCUT2D eigenvalue weighted by Crippen LogP contribution is 2.42. The zero-order valence-electron chi connectivity index (χ0n) is 16.8. The van der Waals surface area contributed by atoms with Gasteiger partial charge in [0.25, 0.3) is 5.56 Å². The number of esters is 1. The molecule has 4 heterocycles. The first-order valence-corrected chi connectivity index (χ1v) is 9.99. The number of nitrogens with two attached hydrogens (primary N) is 1. The van der Waals surface area contributed by atoms with Gasteiger partial charge in [-0.3, -0.25) is 9.59 Å². The van der Waals surface area contributed by atoms with E-state index in [1.807, 2.05) is 6.07 Å². The normalized spacial score (nSPS) is 21.5. The van der Waals surface area contributed by atoms with Crippen molar-refractivity contribution in [2.45, 2.75) is 38.4 Å². The van der Waals surface area contributed by atoms with Crippen molar-refractivity contribution in [2.24, 2.45) is 5.73 Å². The summed E-state index contributed by atoms with van der Waals surface area (Å²) >= 11 is 0. The van der Waals surface area contributed by atoms with Gasteiger partial charge in [0, 0.05) is 16.5 Å². The highest BCUT2D eigenvalue weighted by atomic mass is 16.7. The number of phenolic OH excluding ortho intramolecular Hbond substituents is 1. The third-order valence-corrected chi connectivity index (χ3v) is 6.08. The Balaban J connectivity index is 1.75. The summed E-state index contributed by atoms with van der Waals surface area (Å²) in [7, 11) is 0. The second-order valence-corrected chi connectivity index (χ2v) is 7.77. The maximum absolute atomic E-state index is 13.4. The van der Waals surface area contributed by atoms with Gasteiger partial charge in [-0.05, 0) is 36.8 Å². The van der Waals surface area contributed by atoms with E-state index in [1.165, 1.54) is 0 Å². The number of carbonyl (C=O) groups is 1. The van der Waals surface area contributed by atoms with E-state index < -0.39 is 17.9 Å². The molecule has 3 aromatic rings. The number of aromatic nitrogens is 2. The van der Waals surface area contributed by atoms with Crippen LogP contribution in [0.15, 0.2) is 35.1 Å². The summed E-state index contributed by atoms with van der Waals surface area (Å²) in [6, 6.07) is 8.54. The summed E-state index contributed by atoms with van der Waals surface area (Å²) in [6.45, 7) is 1.59. The molecule has 1 aromatic carbocycles. The van der Waals surface area contributed by atoms with E-state index in [-0.39, 0.29) is 30.9 Å². The van der Waals surface area contributed by atoms with Gasteiger partial charge >= 0.3 is 5.97 Å². The van der Waals surface area contributed by atoms with Crippen LogP contribution in [-0.4, -0.2) is 38.6 Å².